The van der Waals surface area contributed by atoms with Crippen LogP contribution in [-0.4, -0.2) is 18.5 Å². The Kier molecular flexibility index (Phi) is 5.27. The maximum atomic E-state index is 12.6. The van der Waals surface area contributed by atoms with Gasteiger partial charge in [-0.15, -0.1) is 0 Å². The Morgan fingerprint density at radius 2 is 2.05 bits per heavy atom. The van der Waals surface area contributed by atoms with Crippen LogP contribution in [0.3, 0.4) is 0 Å². The summed E-state index contributed by atoms with van der Waals surface area (Å²) in [7, 11) is 0. The van der Waals surface area contributed by atoms with Gasteiger partial charge >= 0.3 is 0 Å². The third-order valence-electron chi connectivity index (χ3n) is 4.55. The van der Waals surface area contributed by atoms with Gasteiger partial charge in [-0.05, 0) is 36.8 Å². The Morgan fingerprint density at radius 3 is 2.76 bits per heavy atom. The Hall–Kier alpha value is -1.51. The first-order valence-electron chi connectivity index (χ1n) is 8.18. The Morgan fingerprint density at radius 1 is 1.29 bits per heavy atom. The summed E-state index contributed by atoms with van der Waals surface area (Å²) in [6.45, 7) is 7.54. The molecule has 0 saturated heterocycles. The lowest BCUT2D eigenvalue weighted by Gasteiger charge is -2.39. The maximum Gasteiger partial charge on any atom is 0.253 e. The molecule has 0 radical (unpaired) electrons. The number of hydrogen-bond acceptors (Lipinski definition) is 2. The first kappa shape index (κ1) is 15.9. The lowest BCUT2D eigenvalue weighted by molar-refractivity contribution is 0.0854. The monoisotopic (exact) mass is 288 g/mol. The first-order valence-corrected chi connectivity index (χ1v) is 8.18. The molecule has 1 aliphatic carbocycles. The average Bonchev–Trinajstić information content (AvgIpc) is 2.47. The molecule has 3 nitrogen and oxygen atoms in total. The van der Waals surface area contributed by atoms with E-state index in [2.05, 4.69) is 31.4 Å². The van der Waals surface area contributed by atoms with E-state index in [9.17, 15) is 4.79 Å². The number of para-hydroxylation sites is 1. The molecule has 1 unspecified atom stereocenters. The van der Waals surface area contributed by atoms with Crippen molar-refractivity contribution in [3.8, 4) is 0 Å². The van der Waals surface area contributed by atoms with Gasteiger partial charge in [0.2, 0.25) is 0 Å². The van der Waals surface area contributed by atoms with E-state index < -0.39 is 0 Å². The molecule has 2 rings (SSSR count). The number of anilines is 1. The van der Waals surface area contributed by atoms with Gasteiger partial charge in [-0.3, -0.25) is 4.79 Å². The van der Waals surface area contributed by atoms with E-state index in [1.807, 2.05) is 24.3 Å². The fourth-order valence-corrected chi connectivity index (χ4v) is 3.09. The first-order chi connectivity index (χ1) is 10.0. The van der Waals surface area contributed by atoms with Crippen LogP contribution in [0, 0.1) is 5.41 Å². The van der Waals surface area contributed by atoms with E-state index in [0.717, 1.165) is 30.6 Å². The number of nitrogens with one attached hydrogen (secondary N) is 2. The summed E-state index contributed by atoms with van der Waals surface area (Å²) < 4.78 is 0. The molecule has 1 atom stereocenters. The van der Waals surface area contributed by atoms with Gasteiger partial charge in [-0.1, -0.05) is 45.7 Å². The zero-order chi connectivity index (χ0) is 15.3. The molecule has 1 aromatic rings. The van der Waals surface area contributed by atoms with Crippen molar-refractivity contribution in [3.63, 3.8) is 0 Å². The molecule has 0 aromatic heterocycles. The van der Waals surface area contributed by atoms with Crippen molar-refractivity contribution in [1.29, 1.82) is 0 Å². The van der Waals surface area contributed by atoms with E-state index in [1.165, 1.54) is 19.3 Å². The number of carbonyl (C=O) groups is 1. The molecule has 0 bridgehead atoms. The van der Waals surface area contributed by atoms with Gasteiger partial charge < -0.3 is 10.6 Å². The van der Waals surface area contributed by atoms with E-state index in [4.69, 9.17) is 0 Å². The minimum Gasteiger partial charge on any atom is -0.384 e. The van der Waals surface area contributed by atoms with Gasteiger partial charge in [0.1, 0.15) is 0 Å². The van der Waals surface area contributed by atoms with Crippen LogP contribution in [0.25, 0.3) is 0 Å². The van der Waals surface area contributed by atoms with Gasteiger partial charge in [0.05, 0.1) is 5.56 Å². The second-order valence-corrected chi connectivity index (χ2v) is 6.73. The highest BCUT2D eigenvalue weighted by Gasteiger charge is 2.33. The van der Waals surface area contributed by atoms with Gasteiger partial charge in [0.25, 0.3) is 5.91 Å². The van der Waals surface area contributed by atoms with Crippen molar-refractivity contribution in [2.45, 2.75) is 58.9 Å². The van der Waals surface area contributed by atoms with Crippen LogP contribution in [0.15, 0.2) is 24.3 Å². The molecule has 1 fully saturated rings. The normalized spacial score (nSPS) is 20.8. The average molecular weight is 288 g/mol. The van der Waals surface area contributed by atoms with Crippen molar-refractivity contribution < 1.29 is 4.79 Å². The Balaban J connectivity index is 2.09. The molecule has 116 valence electrons. The van der Waals surface area contributed by atoms with Crippen LogP contribution < -0.4 is 10.6 Å². The zero-order valence-electron chi connectivity index (χ0n) is 13.5. The zero-order valence-corrected chi connectivity index (χ0v) is 13.5. The van der Waals surface area contributed by atoms with Crippen LogP contribution in [0.4, 0.5) is 5.69 Å². The van der Waals surface area contributed by atoms with Gasteiger partial charge in [0.15, 0.2) is 0 Å². The molecule has 1 saturated carbocycles. The SMILES string of the molecule is CCCNc1ccccc1C(=O)NC1CCCCC1(C)C. The minimum absolute atomic E-state index is 0.0502. The molecule has 21 heavy (non-hydrogen) atoms. The number of benzene rings is 1. The fourth-order valence-electron chi connectivity index (χ4n) is 3.09. The summed E-state index contributed by atoms with van der Waals surface area (Å²) in [6, 6.07) is 8.06. The predicted octanol–water partition coefficient (Wildman–Crippen LogP) is 4.21. The highest BCUT2D eigenvalue weighted by Crippen LogP contribution is 2.35. The topological polar surface area (TPSA) is 41.1 Å². The summed E-state index contributed by atoms with van der Waals surface area (Å²) in [5.74, 6) is 0.0502. The molecule has 1 aromatic carbocycles. The van der Waals surface area contributed by atoms with Crippen LogP contribution in [0.1, 0.15) is 63.2 Å². The third kappa shape index (κ3) is 3.99. The van der Waals surface area contributed by atoms with E-state index in [-0.39, 0.29) is 17.4 Å². The van der Waals surface area contributed by atoms with Gasteiger partial charge in [0, 0.05) is 18.3 Å². The second-order valence-electron chi connectivity index (χ2n) is 6.73. The predicted molar refractivity (Wildman–Crippen MR) is 88.7 cm³/mol. The standard InChI is InChI=1S/C18H28N2O/c1-4-13-19-15-10-6-5-9-14(15)17(21)20-16-11-7-8-12-18(16,2)3/h5-6,9-10,16,19H,4,7-8,11-13H2,1-3H3,(H,20,21). The van der Waals surface area contributed by atoms with Crippen LogP contribution in [0.5, 0.6) is 0 Å². The fraction of sp³-hybridized carbons (Fsp3) is 0.611. The van der Waals surface area contributed by atoms with Crippen molar-refractivity contribution in [2.24, 2.45) is 5.41 Å². The molecular weight excluding hydrogens is 260 g/mol. The van der Waals surface area contributed by atoms with Gasteiger partial charge in [-0.25, -0.2) is 0 Å². The van der Waals surface area contributed by atoms with Crippen molar-refractivity contribution in [3.05, 3.63) is 29.8 Å². The summed E-state index contributed by atoms with van der Waals surface area (Å²) in [5, 5.41) is 6.60. The summed E-state index contributed by atoms with van der Waals surface area (Å²) in [6.07, 6.45) is 5.81. The van der Waals surface area contributed by atoms with Crippen molar-refractivity contribution in [1.82, 2.24) is 5.32 Å². The molecular formula is C18H28N2O. The summed E-state index contributed by atoms with van der Waals surface area (Å²) in [4.78, 5) is 12.6. The van der Waals surface area contributed by atoms with Crippen LogP contribution >= 0.6 is 0 Å². The minimum atomic E-state index is 0.0502. The second kappa shape index (κ2) is 6.97. The number of amides is 1. The highest BCUT2D eigenvalue weighted by molar-refractivity contribution is 5.99. The van der Waals surface area contributed by atoms with Crippen molar-refractivity contribution >= 4 is 11.6 Å². The highest BCUT2D eigenvalue weighted by atomic mass is 16.1. The van der Waals surface area contributed by atoms with Crippen molar-refractivity contribution in [2.75, 3.05) is 11.9 Å². The lowest BCUT2D eigenvalue weighted by Crippen LogP contribution is -2.46. The smallest absolute Gasteiger partial charge is 0.253 e. The maximum absolute atomic E-state index is 12.6. The van der Waals surface area contributed by atoms with Crippen LogP contribution in [0.2, 0.25) is 0 Å². The summed E-state index contributed by atoms with van der Waals surface area (Å²) >= 11 is 0. The molecule has 1 amide bonds. The van der Waals surface area contributed by atoms with Crippen LogP contribution in [-0.2, 0) is 0 Å². The van der Waals surface area contributed by atoms with Gasteiger partial charge in [-0.2, -0.15) is 0 Å². The molecule has 2 N–H and O–H groups in total. The quantitative estimate of drug-likeness (QED) is 0.852. The molecule has 1 aliphatic rings. The van der Waals surface area contributed by atoms with E-state index >= 15 is 0 Å². The summed E-state index contributed by atoms with van der Waals surface area (Å²) in [5.41, 5.74) is 1.89. The lowest BCUT2D eigenvalue weighted by atomic mass is 9.73. The largest absolute Gasteiger partial charge is 0.384 e. The third-order valence-corrected chi connectivity index (χ3v) is 4.55. The number of rotatable bonds is 5. The van der Waals surface area contributed by atoms with E-state index in [0.29, 0.717) is 0 Å². The molecule has 0 aliphatic heterocycles. The molecule has 0 heterocycles. The Bertz CT molecular complexity index is 482. The Labute approximate surface area is 128 Å². The number of hydrogen-bond donors (Lipinski definition) is 2. The molecule has 0 spiro atoms. The van der Waals surface area contributed by atoms with E-state index in [1.54, 1.807) is 0 Å². The number of carbonyl (C=O) groups excluding carboxylic acids is 1. The molecule has 3 heteroatoms.